The van der Waals surface area contributed by atoms with Gasteiger partial charge in [-0.1, -0.05) is 0 Å². The van der Waals surface area contributed by atoms with E-state index in [4.69, 9.17) is 22.8 Å². The molecule has 6 nitrogen and oxygen atoms in total. The molecule has 0 fully saturated rings. The minimum absolute atomic E-state index is 0.337. The molecule has 0 spiro atoms. The van der Waals surface area contributed by atoms with Gasteiger partial charge in [-0.25, -0.2) is 0 Å². The maximum atomic E-state index is 9.28. The smallest absolute Gasteiger partial charge is 0.479 e. The SMILES string of the molecule is CCO/C(O)=C/O[P+](OCC)(OCC)OCC. The van der Waals surface area contributed by atoms with Crippen molar-refractivity contribution in [3.8, 4) is 0 Å². The van der Waals surface area contributed by atoms with Crippen molar-refractivity contribution in [3.63, 3.8) is 0 Å². The lowest BCUT2D eigenvalue weighted by atomic mass is 10.8. The van der Waals surface area contributed by atoms with Crippen molar-refractivity contribution >= 4 is 8.17 Å². The number of aliphatic hydroxyl groups is 1. The van der Waals surface area contributed by atoms with Gasteiger partial charge in [-0.3, -0.25) is 4.52 Å². The van der Waals surface area contributed by atoms with Crippen LogP contribution in [0.4, 0.5) is 0 Å². The Labute approximate surface area is 103 Å². The fourth-order valence-electron chi connectivity index (χ4n) is 0.969. The van der Waals surface area contributed by atoms with Crippen LogP contribution >= 0.6 is 8.17 Å². The lowest BCUT2D eigenvalue weighted by Crippen LogP contribution is -2.09. The van der Waals surface area contributed by atoms with E-state index in [0.717, 1.165) is 6.26 Å². The molecule has 0 aliphatic rings. The van der Waals surface area contributed by atoms with Crippen molar-refractivity contribution in [2.45, 2.75) is 27.7 Å². The summed E-state index contributed by atoms with van der Waals surface area (Å²) >= 11 is 0. The molecule has 0 amide bonds. The van der Waals surface area contributed by atoms with Gasteiger partial charge in [0.2, 0.25) is 6.26 Å². The lowest BCUT2D eigenvalue weighted by molar-refractivity contribution is 0.0634. The molecule has 0 saturated heterocycles. The standard InChI is InChI=1S/C10H21O6P/c1-5-12-10(11)9-16-17(13-6-2,14-7-3)15-8-4/h9H,5-8H2,1-4H3/p+1/b10-9+. The molecule has 0 unspecified atom stereocenters. The number of hydrogen-bond donors (Lipinski definition) is 1. The summed E-state index contributed by atoms with van der Waals surface area (Å²) in [5.74, 6) is -0.337. The lowest BCUT2D eigenvalue weighted by Gasteiger charge is -2.16. The van der Waals surface area contributed by atoms with E-state index in [0.29, 0.717) is 26.4 Å². The highest BCUT2D eigenvalue weighted by Crippen LogP contribution is 2.63. The molecule has 0 atom stereocenters. The zero-order valence-electron chi connectivity index (χ0n) is 10.8. The van der Waals surface area contributed by atoms with Gasteiger partial charge in [-0.2, -0.15) is 0 Å². The first-order chi connectivity index (χ1) is 8.14. The minimum atomic E-state index is -2.89. The average molecular weight is 269 g/mol. The Morgan fingerprint density at radius 3 is 1.76 bits per heavy atom. The van der Waals surface area contributed by atoms with Gasteiger partial charge in [0, 0.05) is 0 Å². The van der Waals surface area contributed by atoms with Crippen LogP contribution in [0, 0.1) is 0 Å². The quantitative estimate of drug-likeness (QED) is 0.485. The molecule has 0 aromatic heterocycles. The van der Waals surface area contributed by atoms with E-state index in [1.54, 1.807) is 6.92 Å². The maximum absolute atomic E-state index is 9.28. The van der Waals surface area contributed by atoms with Crippen LogP contribution in [0.3, 0.4) is 0 Å². The number of aliphatic hydroxyl groups excluding tert-OH is 1. The first-order valence-corrected chi connectivity index (χ1v) is 7.13. The summed E-state index contributed by atoms with van der Waals surface area (Å²) in [7, 11) is -2.89. The monoisotopic (exact) mass is 269 g/mol. The molecule has 0 saturated carbocycles. The van der Waals surface area contributed by atoms with Gasteiger partial charge in [0.25, 0.3) is 0 Å². The second-order valence-electron chi connectivity index (χ2n) is 2.70. The Bertz CT molecular complexity index is 204. The van der Waals surface area contributed by atoms with Crippen LogP contribution in [0.1, 0.15) is 27.7 Å². The third kappa shape index (κ3) is 6.68. The summed E-state index contributed by atoms with van der Waals surface area (Å²) in [5.41, 5.74) is 0. The molecule has 0 aliphatic heterocycles. The van der Waals surface area contributed by atoms with Crippen LogP contribution in [0.25, 0.3) is 0 Å². The van der Waals surface area contributed by atoms with Gasteiger partial charge in [0.05, 0.1) is 26.4 Å². The van der Waals surface area contributed by atoms with Gasteiger partial charge in [0.15, 0.2) is 0 Å². The third-order valence-electron chi connectivity index (χ3n) is 1.44. The van der Waals surface area contributed by atoms with Crippen molar-refractivity contribution < 1.29 is 27.9 Å². The van der Waals surface area contributed by atoms with Crippen LogP contribution in [0.5, 0.6) is 0 Å². The largest absolute Gasteiger partial charge is 0.621 e. The van der Waals surface area contributed by atoms with Crippen molar-refractivity contribution in [3.05, 3.63) is 12.2 Å². The van der Waals surface area contributed by atoms with E-state index in [9.17, 15) is 5.11 Å². The van der Waals surface area contributed by atoms with Crippen LogP contribution < -0.4 is 0 Å². The summed E-state index contributed by atoms with van der Waals surface area (Å²) in [6.07, 6.45) is 1.04. The third-order valence-corrected chi connectivity index (χ3v) is 3.52. The molecule has 0 aromatic rings. The Hall–Kier alpha value is -0.550. The fraction of sp³-hybridized carbons (Fsp3) is 0.800. The van der Waals surface area contributed by atoms with Gasteiger partial charge >= 0.3 is 14.1 Å². The fourth-order valence-corrected chi connectivity index (χ4v) is 2.54. The molecular formula is C10H22O6P+. The summed E-state index contributed by atoms with van der Waals surface area (Å²) in [6.45, 7) is 8.67. The van der Waals surface area contributed by atoms with Crippen molar-refractivity contribution in [1.82, 2.24) is 0 Å². The normalized spacial score (nSPS) is 12.6. The Morgan fingerprint density at radius 2 is 1.41 bits per heavy atom. The van der Waals surface area contributed by atoms with Crippen molar-refractivity contribution in [1.29, 1.82) is 0 Å². The topological polar surface area (TPSA) is 66.4 Å². The molecule has 0 bridgehead atoms. The predicted octanol–water partition coefficient (Wildman–Crippen LogP) is 3.18. The second kappa shape index (κ2) is 9.48. The van der Waals surface area contributed by atoms with Gasteiger partial charge in [0.1, 0.15) is 0 Å². The maximum Gasteiger partial charge on any atom is 0.621 e. The highest BCUT2D eigenvalue weighted by Gasteiger charge is 2.49. The van der Waals surface area contributed by atoms with Crippen LogP contribution in [-0.4, -0.2) is 31.5 Å². The van der Waals surface area contributed by atoms with E-state index in [-0.39, 0.29) is 5.95 Å². The number of ether oxygens (including phenoxy) is 1. The molecular weight excluding hydrogens is 247 g/mol. The molecule has 102 valence electrons. The highest BCUT2D eigenvalue weighted by molar-refractivity contribution is 7.56. The van der Waals surface area contributed by atoms with Gasteiger partial charge in [-0.15, -0.1) is 13.6 Å². The predicted molar refractivity (Wildman–Crippen MR) is 65.2 cm³/mol. The number of hydrogen-bond acceptors (Lipinski definition) is 6. The molecule has 1 N–H and O–H groups in total. The minimum Gasteiger partial charge on any atom is -0.479 e. The van der Waals surface area contributed by atoms with E-state index in [1.807, 2.05) is 20.8 Å². The summed E-state index contributed by atoms with van der Waals surface area (Å²) in [5, 5.41) is 9.28. The zero-order chi connectivity index (χ0) is 13.1. The zero-order valence-corrected chi connectivity index (χ0v) is 11.7. The van der Waals surface area contributed by atoms with E-state index < -0.39 is 8.17 Å². The molecule has 17 heavy (non-hydrogen) atoms. The van der Waals surface area contributed by atoms with Crippen LogP contribution in [-0.2, 0) is 22.8 Å². The highest BCUT2D eigenvalue weighted by atomic mass is 31.2. The van der Waals surface area contributed by atoms with Crippen LogP contribution in [0.15, 0.2) is 12.2 Å². The second-order valence-corrected chi connectivity index (χ2v) is 4.57. The molecule has 0 rings (SSSR count). The summed E-state index contributed by atoms with van der Waals surface area (Å²) < 4.78 is 26.2. The molecule has 0 radical (unpaired) electrons. The summed E-state index contributed by atoms with van der Waals surface area (Å²) in [6, 6.07) is 0. The van der Waals surface area contributed by atoms with Crippen molar-refractivity contribution in [2.24, 2.45) is 0 Å². The molecule has 7 heteroatoms. The summed E-state index contributed by atoms with van der Waals surface area (Å²) in [4.78, 5) is 0. The van der Waals surface area contributed by atoms with Crippen molar-refractivity contribution in [2.75, 3.05) is 26.4 Å². The Morgan fingerprint density at radius 1 is 0.941 bits per heavy atom. The first kappa shape index (κ1) is 16.4. The Kier molecular flexibility index (Phi) is 9.17. The average Bonchev–Trinajstić information content (AvgIpc) is 2.28. The van der Waals surface area contributed by atoms with E-state index in [2.05, 4.69) is 0 Å². The molecule has 0 aliphatic carbocycles. The Balaban J connectivity index is 4.58. The van der Waals surface area contributed by atoms with E-state index in [1.165, 1.54) is 0 Å². The number of rotatable bonds is 10. The van der Waals surface area contributed by atoms with Gasteiger partial charge in [-0.05, 0) is 27.7 Å². The first-order valence-electron chi connectivity index (χ1n) is 5.67. The molecule has 0 aromatic carbocycles. The van der Waals surface area contributed by atoms with Crippen LogP contribution in [0.2, 0.25) is 0 Å². The molecule has 0 heterocycles. The van der Waals surface area contributed by atoms with Gasteiger partial charge < -0.3 is 9.84 Å². The van der Waals surface area contributed by atoms with E-state index >= 15 is 0 Å².